The van der Waals surface area contributed by atoms with Crippen molar-refractivity contribution in [1.29, 1.82) is 5.26 Å². The Hall–Kier alpha value is -0.690. The molecule has 4 heteroatoms. The van der Waals surface area contributed by atoms with Crippen LogP contribution in [0.3, 0.4) is 0 Å². The zero-order valence-corrected chi connectivity index (χ0v) is 7.65. The van der Waals surface area contributed by atoms with Crippen molar-refractivity contribution in [2.24, 2.45) is 0 Å². The lowest BCUT2D eigenvalue weighted by atomic mass is 10.5. The van der Waals surface area contributed by atoms with Gasteiger partial charge in [0.2, 0.25) is 5.91 Å². The molecule has 0 aliphatic rings. The molecule has 11 heavy (non-hydrogen) atoms. The highest BCUT2D eigenvalue weighted by atomic mass is 32.2. The largest absolute Gasteiger partial charge is 0.329 e. The molecule has 0 rings (SSSR count). The Morgan fingerprint density at radius 3 is 2.73 bits per heavy atom. The van der Waals surface area contributed by atoms with E-state index >= 15 is 0 Å². The van der Waals surface area contributed by atoms with Crippen molar-refractivity contribution in [3.05, 3.63) is 0 Å². The van der Waals surface area contributed by atoms with Gasteiger partial charge in [-0.15, -0.1) is 0 Å². The van der Waals surface area contributed by atoms with Gasteiger partial charge in [-0.2, -0.15) is 17.0 Å². The van der Waals surface area contributed by atoms with Crippen molar-refractivity contribution < 1.29 is 4.79 Å². The maximum atomic E-state index is 11.1. The van der Waals surface area contributed by atoms with Crippen molar-refractivity contribution in [2.45, 2.75) is 6.92 Å². The highest BCUT2D eigenvalue weighted by Gasteiger charge is 2.08. The van der Waals surface area contributed by atoms with Crippen LogP contribution in [0.5, 0.6) is 0 Å². The SMILES string of the molecule is CCN(CC#N)C(=O)CSC. The van der Waals surface area contributed by atoms with E-state index in [2.05, 4.69) is 0 Å². The van der Waals surface area contributed by atoms with E-state index in [-0.39, 0.29) is 12.5 Å². The van der Waals surface area contributed by atoms with E-state index in [0.717, 1.165) is 0 Å². The molecule has 0 radical (unpaired) electrons. The normalized spacial score (nSPS) is 8.82. The summed E-state index contributed by atoms with van der Waals surface area (Å²) < 4.78 is 0. The van der Waals surface area contributed by atoms with Gasteiger partial charge in [-0.05, 0) is 13.2 Å². The molecule has 0 aliphatic heterocycles. The van der Waals surface area contributed by atoms with Crippen LogP contribution in [0.1, 0.15) is 6.92 Å². The average Bonchev–Trinajstić information content (AvgIpc) is 2.00. The zero-order chi connectivity index (χ0) is 8.69. The number of thioether (sulfide) groups is 1. The van der Waals surface area contributed by atoms with Crippen molar-refractivity contribution in [2.75, 3.05) is 25.1 Å². The third-order valence-corrected chi connectivity index (χ3v) is 1.80. The first kappa shape index (κ1) is 10.3. The standard InChI is InChI=1S/C7H12N2OS/c1-3-9(5-4-8)7(10)6-11-2/h3,5-6H2,1-2H3. The molecule has 0 aliphatic carbocycles. The molecule has 0 aromatic rings. The van der Waals surface area contributed by atoms with E-state index in [1.807, 2.05) is 19.2 Å². The number of rotatable bonds is 4. The summed E-state index contributed by atoms with van der Waals surface area (Å²) in [5, 5.41) is 8.33. The monoisotopic (exact) mass is 172 g/mol. The van der Waals surface area contributed by atoms with Crippen LogP contribution in [0.2, 0.25) is 0 Å². The van der Waals surface area contributed by atoms with Gasteiger partial charge in [0.15, 0.2) is 0 Å². The molecule has 0 fully saturated rings. The van der Waals surface area contributed by atoms with Gasteiger partial charge in [0.1, 0.15) is 6.54 Å². The van der Waals surface area contributed by atoms with Crippen LogP contribution in [0.25, 0.3) is 0 Å². The number of carbonyl (C=O) groups is 1. The number of hydrogen-bond donors (Lipinski definition) is 0. The summed E-state index contributed by atoms with van der Waals surface area (Å²) in [5.41, 5.74) is 0. The van der Waals surface area contributed by atoms with Gasteiger partial charge in [-0.25, -0.2) is 0 Å². The second kappa shape index (κ2) is 6.05. The fourth-order valence-corrected chi connectivity index (χ4v) is 1.11. The molecule has 0 saturated heterocycles. The van der Waals surface area contributed by atoms with Gasteiger partial charge in [0, 0.05) is 6.54 Å². The highest BCUT2D eigenvalue weighted by Crippen LogP contribution is 1.96. The van der Waals surface area contributed by atoms with Crippen LogP contribution in [0.4, 0.5) is 0 Å². The molecule has 0 heterocycles. The van der Waals surface area contributed by atoms with Crippen LogP contribution in [0, 0.1) is 11.3 Å². The molecule has 1 amide bonds. The van der Waals surface area contributed by atoms with Crippen LogP contribution < -0.4 is 0 Å². The van der Waals surface area contributed by atoms with E-state index in [1.54, 1.807) is 0 Å². The summed E-state index contributed by atoms with van der Waals surface area (Å²) in [6, 6.07) is 1.95. The van der Waals surface area contributed by atoms with E-state index in [9.17, 15) is 4.79 Å². The fraction of sp³-hybridized carbons (Fsp3) is 0.714. The molecule has 0 aromatic heterocycles. The fourth-order valence-electron chi connectivity index (χ4n) is 0.676. The van der Waals surface area contributed by atoms with Crippen LogP contribution >= 0.6 is 11.8 Å². The number of hydrogen-bond acceptors (Lipinski definition) is 3. The Morgan fingerprint density at radius 2 is 2.36 bits per heavy atom. The van der Waals surface area contributed by atoms with Crippen molar-refractivity contribution in [1.82, 2.24) is 4.90 Å². The van der Waals surface area contributed by atoms with Gasteiger partial charge >= 0.3 is 0 Å². The van der Waals surface area contributed by atoms with Crippen LogP contribution in [0.15, 0.2) is 0 Å². The molecule has 0 bridgehead atoms. The summed E-state index contributed by atoms with van der Waals surface area (Å²) in [4.78, 5) is 12.7. The average molecular weight is 172 g/mol. The lowest BCUT2D eigenvalue weighted by molar-refractivity contribution is -0.127. The molecule has 0 saturated carbocycles. The second-order valence-corrected chi connectivity index (χ2v) is 2.87. The summed E-state index contributed by atoms with van der Waals surface area (Å²) >= 11 is 1.48. The Bertz CT molecular complexity index is 164. The minimum Gasteiger partial charge on any atom is -0.329 e. The van der Waals surface area contributed by atoms with E-state index in [4.69, 9.17) is 5.26 Å². The maximum absolute atomic E-state index is 11.1. The predicted octanol–water partition coefficient (Wildman–Crippen LogP) is 0.721. The van der Waals surface area contributed by atoms with E-state index in [0.29, 0.717) is 12.3 Å². The summed E-state index contributed by atoms with van der Waals surface area (Å²) in [7, 11) is 0. The first-order chi connectivity index (χ1) is 5.26. The molecule has 62 valence electrons. The molecule has 3 nitrogen and oxygen atoms in total. The highest BCUT2D eigenvalue weighted by molar-refractivity contribution is 7.99. The first-order valence-corrected chi connectivity index (χ1v) is 4.79. The van der Waals surface area contributed by atoms with Crippen molar-refractivity contribution in [3.8, 4) is 6.07 Å². The number of nitriles is 1. The van der Waals surface area contributed by atoms with Gasteiger partial charge < -0.3 is 4.90 Å². The summed E-state index contributed by atoms with van der Waals surface area (Å²) in [6.45, 7) is 2.69. The third-order valence-electron chi connectivity index (χ3n) is 1.26. The molecule has 0 N–H and O–H groups in total. The quantitative estimate of drug-likeness (QED) is 0.587. The Kier molecular flexibility index (Phi) is 5.67. The second-order valence-electron chi connectivity index (χ2n) is 2.00. The van der Waals surface area contributed by atoms with Gasteiger partial charge in [0.25, 0.3) is 0 Å². The predicted molar refractivity (Wildman–Crippen MR) is 46.2 cm³/mol. The first-order valence-electron chi connectivity index (χ1n) is 3.39. The third kappa shape index (κ3) is 3.89. The maximum Gasteiger partial charge on any atom is 0.233 e. The Morgan fingerprint density at radius 1 is 1.73 bits per heavy atom. The van der Waals surface area contributed by atoms with Crippen LogP contribution in [-0.2, 0) is 4.79 Å². The van der Waals surface area contributed by atoms with Crippen molar-refractivity contribution >= 4 is 17.7 Å². The van der Waals surface area contributed by atoms with Gasteiger partial charge in [-0.3, -0.25) is 4.79 Å². The number of nitrogens with zero attached hydrogens (tertiary/aromatic N) is 2. The summed E-state index contributed by atoms with van der Waals surface area (Å²) in [5.74, 6) is 0.511. The van der Waals surface area contributed by atoms with Crippen molar-refractivity contribution in [3.63, 3.8) is 0 Å². The smallest absolute Gasteiger partial charge is 0.233 e. The molecule has 0 atom stereocenters. The number of carbonyl (C=O) groups excluding carboxylic acids is 1. The summed E-state index contributed by atoms with van der Waals surface area (Å²) in [6.07, 6.45) is 1.87. The van der Waals surface area contributed by atoms with E-state index in [1.165, 1.54) is 16.7 Å². The lowest BCUT2D eigenvalue weighted by Crippen LogP contribution is -2.32. The lowest BCUT2D eigenvalue weighted by Gasteiger charge is -2.15. The minimum absolute atomic E-state index is 0.0431. The molecular weight excluding hydrogens is 160 g/mol. The molecular formula is C7H12N2OS. The topological polar surface area (TPSA) is 44.1 Å². The molecule has 0 unspecified atom stereocenters. The van der Waals surface area contributed by atoms with Crippen LogP contribution in [-0.4, -0.2) is 35.9 Å². The minimum atomic E-state index is 0.0431. The van der Waals surface area contributed by atoms with Gasteiger partial charge in [-0.1, -0.05) is 0 Å². The molecule has 0 spiro atoms. The number of amides is 1. The van der Waals surface area contributed by atoms with E-state index < -0.39 is 0 Å². The Labute approximate surface area is 71.4 Å². The Balaban J connectivity index is 3.83. The molecule has 0 aromatic carbocycles. The zero-order valence-electron chi connectivity index (χ0n) is 6.83. The van der Waals surface area contributed by atoms with Gasteiger partial charge in [0.05, 0.1) is 11.8 Å².